The molecule has 0 amide bonds. The molecule has 2 nitrogen and oxygen atoms in total. The molecule has 0 fully saturated rings. The Morgan fingerprint density at radius 3 is 2.78 bits per heavy atom. The number of aliphatic imine (C=N–C) groups is 1. The van der Waals surface area contributed by atoms with Crippen LogP contribution < -0.4 is 5.73 Å². The van der Waals surface area contributed by atoms with Gasteiger partial charge in [-0.25, -0.2) is 0 Å². The predicted molar refractivity (Wildman–Crippen MR) is 47.4 cm³/mol. The van der Waals surface area contributed by atoms with Crippen LogP contribution >= 0.6 is 38.5 Å². The summed E-state index contributed by atoms with van der Waals surface area (Å²) in [7, 11) is 0. The molecule has 0 saturated carbocycles. The summed E-state index contributed by atoms with van der Waals surface area (Å²) in [6, 6.07) is 0. The summed E-state index contributed by atoms with van der Waals surface area (Å²) >= 11 is 6.35. The Labute approximate surface area is 86.7 Å². The summed E-state index contributed by atoms with van der Waals surface area (Å²) in [5.74, 6) is 0.502. The van der Waals surface area contributed by atoms with Crippen molar-refractivity contribution in [1.29, 1.82) is 0 Å². The van der Waals surface area contributed by atoms with Crippen LogP contribution in [0.2, 0.25) is 0 Å². The fourth-order valence-corrected chi connectivity index (χ4v) is 0.912. The average Bonchev–Trinajstić information content (AvgIpc) is 1.87. The molecule has 0 heterocycles. The molecule has 0 aromatic rings. The number of hydrogen-bond donors (Lipinski definition) is 1. The van der Waals surface area contributed by atoms with Gasteiger partial charge in [0.05, 0.1) is 0 Å². The summed E-state index contributed by atoms with van der Waals surface area (Å²) in [6.07, 6.45) is 0. The average molecular weight is 470 g/mol. The number of amidine groups is 1. The fourth-order valence-electron chi connectivity index (χ4n) is 0.162. The zero-order chi connectivity index (χ0) is 7.28. The van der Waals surface area contributed by atoms with Crippen molar-refractivity contribution in [1.82, 2.24) is 0 Å². The van der Waals surface area contributed by atoms with E-state index in [4.69, 9.17) is 5.73 Å². The quantitative estimate of drug-likeness (QED) is 0.280. The molecule has 0 aliphatic heterocycles. The molecular formula is C4H3BrIN2W-. The van der Waals surface area contributed by atoms with Crippen molar-refractivity contribution in [2.24, 2.45) is 10.7 Å². The Morgan fingerprint density at radius 2 is 2.44 bits per heavy atom. The summed E-state index contributed by atoms with van der Waals surface area (Å²) in [6.45, 7) is 0. The normalized spacial score (nSPS) is 13.6. The molecule has 2 N–H and O–H groups in total. The Balaban J connectivity index is 4.19. The van der Waals surface area contributed by atoms with Crippen LogP contribution in [0.4, 0.5) is 0 Å². The third-order valence-corrected chi connectivity index (χ3v) is 2.84. The van der Waals surface area contributed by atoms with Gasteiger partial charge in [0.2, 0.25) is 0 Å². The number of nitrogens with zero attached hydrogens (tertiary/aromatic N) is 1. The second kappa shape index (κ2) is 5.74. The first kappa shape index (κ1) is 9.98. The Bertz CT molecular complexity index is 166. The molecule has 0 aliphatic carbocycles. The summed E-state index contributed by atoms with van der Waals surface area (Å²) in [5.41, 5.74) is 5.43. The SMILES string of the molecule is NC(=N[CH]=[W])C(I)=[C-]Br. The third-order valence-electron chi connectivity index (χ3n) is 0.500. The molecule has 9 heavy (non-hydrogen) atoms. The Hall–Kier alpha value is 0.978. The standard InChI is InChI=1S/C4H3BrIN2.W/c1-8-4(7)3(6)2-5;/h1H,7H2;/q-1;. The Morgan fingerprint density at radius 1 is 1.89 bits per heavy atom. The van der Waals surface area contributed by atoms with Crippen LogP contribution in [-0.4, -0.2) is 10.4 Å². The van der Waals surface area contributed by atoms with Gasteiger partial charge >= 0.3 is 87.5 Å². The van der Waals surface area contributed by atoms with Crippen molar-refractivity contribution in [3.05, 3.63) is 8.57 Å². The molecule has 0 aliphatic rings. The van der Waals surface area contributed by atoms with Crippen molar-refractivity contribution in [2.45, 2.75) is 0 Å². The van der Waals surface area contributed by atoms with Gasteiger partial charge in [0.1, 0.15) is 0 Å². The van der Waals surface area contributed by atoms with Gasteiger partial charge in [-0.15, -0.1) is 0 Å². The first-order valence-electron chi connectivity index (χ1n) is 1.88. The van der Waals surface area contributed by atoms with Gasteiger partial charge in [-0.05, 0) is 0 Å². The molecule has 5 heteroatoms. The number of hydrogen-bond acceptors (Lipinski definition) is 1. The van der Waals surface area contributed by atoms with Crippen molar-refractivity contribution in [3.8, 4) is 0 Å². The second-order valence-corrected chi connectivity index (χ2v) is 3.26. The zero-order valence-corrected chi connectivity index (χ0v) is 10.9. The van der Waals surface area contributed by atoms with E-state index in [9.17, 15) is 0 Å². The molecule has 50 valence electrons. The topological polar surface area (TPSA) is 38.4 Å². The van der Waals surface area contributed by atoms with Crippen LogP contribution in [0.1, 0.15) is 0 Å². The van der Waals surface area contributed by atoms with Crippen molar-refractivity contribution < 1.29 is 19.4 Å². The summed E-state index contributed by atoms with van der Waals surface area (Å²) < 4.78 is 2.52. The van der Waals surface area contributed by atoms with Gasteiger partial charge in [-0.3, -0.25) is 0 Å². The summed E-state index contributed by atoms with van der Waals surface area (Å²) in [5, 5.41) is 0. The van der Waals surface area contributed by atoms with Crippen LogP contribution in [0.3, 0.4) is 0 Å². The van der Waals surface area contributed by atoms with Crippen LogP contribution in [-0.2, 0) is 19.4 Å². The van der Waals surface area contributed by atoms with Gasteiger partial charge in [-0.2, -0.15) is 0 Å². The van der Waals surface area contributed by atoms with E-state index in [-0.39, 0.29) is 0 Å². The molecule has 0 radical (unpaired) electrons. The number of rotatable bonds is 2. The first-order valence-corrected chi connectivity index (χ1v) is 5.45. The third kappa shape index (κ3) is 4.39. The monoisotopic (exact) mass is 469 g/mol. The maximum atomic E-state index is 5.43. The fraction of sp³-hybridized carbons (Fsp3) is 0. The Kier molecular flexibility index (Phi) is 6.36. The van der Waals surface area contributed by atoms with Gasteiger partial charge < -0.3 is 0 Å². The summed E-state index contributed by atoms with van der Waals surface area (Å²) in [4.78, 5) is 6.56. The van der Waals surface area contributed by atoms with Crippen molar-refractivity contribution >= 4 is 48.9 Å². The van der Waals surface area contributed by atoms with E-state index in [1.54, 1.807) is 4.52 Å². The molecular weight excluding hydrogens is 467 g/mol. The minimum atomic E-state index is 0.502. The van der Waals surface area contributed by atoms with E-state index >= 15 is 0 Å². The molecule has 0 atom stereocenters. The number of nitrogens with two attached hydrogens (primary N) is 1. The van der Waals surface area contributed by atoms with Gasteiger partial charge in [0.15, 0.2) is 0 Å². The van der Waals surface area contributed by atoms with Crippen LogP contribution in [0.5, 0.6) is 0 Å². The molecule has 0 aromatic carbocycles. The van der Waals surface area contributed by atoms with Crippen LogP contribution in [0.25, 0.3) is 0 Å². The van der Waals surface area contributed by atoms with E-state index < -0.39 is 0 Å². The van der Waals surface area contributed by atoms with E-state index in [2.05, 4.69) is 25.9 Å². The first-order chi connectivity index (χ1) is 4.22. The van der Waals surface area contributed by atoms with Gasteiger partial charge in [0, 0.05) is 0 Å². The maximum absolute atomic E-state index is 5.43. The minimum absolute atomic E-state index is 0.502. The van der Waals surface area contributed by atoms with Gasteiger partial charge in [0.25, 0.3) is 0 Å². The number of halogens is 2. The van der Waals surface area contributed by atoms with Crippen molar-refractivity contribution in [2.75, 3.05) is 0 Å². The van der Waals surface area contributed by atoms with Crippen LogP contribution in [0.15, 0.2) is 8.57 Å². The molecule has 0 saturated heterocycles. The molecule has 0 bridgehead atoms. The molecule has 0 rings (SSSR count). The van der Waals surface area contributed by atoms with Crippen molar-refractivity contribution in [3.63, 3.8) is 0 Å². The molecule has 0 spiro atoms. The molecule has 0 aromatic heterocycles. The predicted octanol–water partition coefficient (Wildman–Crippen LogP) is 1.12. The molecule has 0 unspecified atom stereocenters. The van der Waals surface area contributed by atoms with E-state index in [0.29, 0.717) is 5.84 Å². The van der Waals surface area contributed by atoms with Gasteiger partial charge in [-0.1, -0.05) is 0 Å². The zero-order valence-electron chi connectivity index (χ0n) is 4.27. The van der Waals surface area contributed by atoms with E-state index in [0.717, 1.165) is 3.58 Å². The van der Waals surface area contributed by atoms with Crippen LogP contribution in [0, 0.1) is 4.99 Å². The van der Waals surface area contributed by atoms with E-state index in [1.165, 1.54) is 19.4 Å². The van der Waals surface area contributed by atoms with E-state index in [1.807, 2.05) is 22.6 Å². The second-order valence-electron chi connectivity index (χ2n) is 1.03.